The number of carbonyl (C=O) groups is 4. The monoisotopic (exact) mass is 258 g/mol. The maximum absolute atomic E-state index is 10.6. The zero-order valence-electron chi connectivity index (χ0n) is 9.66. The molecule has 2 rings (SSSR count). The first-order valence-electron chi connectivity index (χ1n) is 5.50. The molecule has 0 saturated carbocycles. The minimum Gasteiger partial charge on any atom is -0.465 e. The molecule has 100 valence electrons. The molecule has 2 aliphatic rings. The van der Waals surface area contributed by atoms with Gasteiger partial charge in [-0.25, -0.2) is 19.4 Å². The molecule has 0 radical (unpaired) electrons. The summed E-state index contributed by atoms with van der Waals surface area (Å²) in [4.78, 5) is 43.1. The fraction of sp³-hybridized carbons (Fsp3) is 0.600. The van der Waals surface area contributed by atoms with E-state index in [0.29, 0.717) is 38.8 Å². The van der Waals surface area contributed by atoms with Crippen LogP contribution in [0.1, 0.15) is 25.7 Å². The minimum absolute atomic E-state index is 0.275. The van der Waals surface area contributed by atoms with E-state index in [1.807, 2.05) is 0 Å². The van der Waals surface area contributed by atoms with Crippen LogP contribution in [0.3, 0.4) is 0 Å². The second kappa shape index (κ2) is 5.99. The van der Waals surface area contributed by atoms with E-state index in [2.05, 4.69) is 0 Å². The third-order valence-electron chi connectivity index (χ3n) is 2.61. The van der Waals surface area contributed by atoms with Crippen LogP contribution < -0.4 is 0 Å². The molecule has 0 atom stereocenters. The zero-order valence-corrected chi connectivity index (χ0v) is 9.66. The molecular formula is C10H14N2O6. The molecule has 2 fully saturated rings. The normalized spacial score (nSPS) is 18.7. The summed E-state index contributed by atoms with van der Waals surface area (Å²) in [5, 5.41) is 16.6. The lowest BCUT2D eigenvalue weighted by Crippen LogP contribution is -2.29. The van der Waals surface area contributed by atoms with Crippen LogP contribution in [0.25, 0.3) is 0 Å². The van der Waals surface area contributed by atoms with Crippen molar-refractivity contribution < 1.29 is 29.4 Å². The third-order valence-corrected chi connectivity index (χ3v) is 2.61. The molecule has 8 heteroatoms. The third kappa shape index (κ3) is 3.44. The van der Waals surface area contributed by atoms with E-state index in [9.17, 15) is 19.2 Å². The van der Waals surface area contributed by atoms with Crippen molar-refractivity contribution in [2.24, 2.45) is 0 Å². The Bertz CT molecular complexity index is 345. The zero-order chi connectivity index (χ0) is 13.7. The number of amides is 4. The number of carbonyl (C=O) groups excluding carboxylic acids is 2. The summed E-state index contributed by atoms with van der Waals surface area (Å²) in [6, 6.07) is 0. The van der Waals surface area contributed by atoms with Crippen LogP contribution in [0.2, 0.25) is 0 Å². The Morgan fingerprint density at radius 2 is 1.17 bits per heavy atom. The van der Waals surface area contributed by atoms with Gasteiger partial charge in [0.1, 0.15) is 0 Å². The fourth-order valence-corrected chi connectivity index (χ4v) is 1.70. The number of hydrogen-bond acceptors (Lipinski definition) is 4. The molecule has 8 nitrogen and oxygen atoms in total. The summed E-state index contributed by atoms with van der Waals surface area (Å²) in [6.07, 6.45) is -0.149. The van der Waals surface area contributed by atoms with Crippen LogP contribution in [0.15, 0.2) is 0 Å². The molecule has 0 aromatic rings. The van der Waals surface area contributed by atoms with E-state index in [0.717, 1.165) is 9.80 Å². The van der Waals surface area contributed by atoms with Crippen molar-refractivity contribution in [1.29, 1.82) is 0 Å². The van der Waals surface area contributed by atoms with Crippen molar-refractivity contribution >= 4 is 24.0 Å². The van der Waals surface area contributed by atoms with E-state index >= 15 is 0 Å². The number of carboxylic acid groups (broad SMARTS) is 2. The van der Waals surface area contributed by atoms with Crippen molar-refractivity contribution in [2.75, 3.05) is 13.1 Å². The van der Waals surface area contributed by atoms with Gasteiger partial charge in [0.05, 0.1) is 0 Å². The Morgan fingerprint density at radius 1 is 0.833 bits per heavy atom. The van der Waals surface area contributed by atoms with E-state index in [1.165, 1.54) is 0 Å². The van der Waals surface area contributed by atoms with Gasteiger partial charge in [-0.15, -0.1) is 0 Å². The first-order chi connectivity index (χ1) is 8.43. The summed E-state index contributed by atoms with van der Waals surface area (Å²) < 4.78 is 0. The van der Waals surface area contributed by atoms with Crippen molar-refractivity contribution in [3.63, 3.8) is 0 Å². The molecule has 2 N–H and O–H groups in total. The Morgan fingerprint density at radius 3 is 1.28 bits per heavy atom. The summed E-state index contributed by atoms with van der Waals surface area (Å²) in [6.45, 7) is 0.738. The quantitative estimate of drug-likeness (QED) is 0.656. The molecule has 2 heterocycles. The molecule has 0 aromatic heterocycles. The smallest absolute Gasteiger partial charge is 0.414 e. The summed E-state index contributed by atoms with van der Waals surface area (Å²) in [5.41, 5.74) is 0. The molecule has 0 bridgehead atoms. The highest BCUT2D eigenvalue weighted by Gasteiger charge is 2.25. The summed E-state index contributed by atoms with van der Waals surface area (Å²) >= 11 is 0. The molecular weight excluding hydrogens is 244 g/mol. The fourth-order valence-electron chi connectivity index (χ4n) is 1.70. The van der Waals surface area contributed by atoms with Gasteiger partial charge >= 0.3 is 12.2 Å². The van der Waals surface area contributed by atoms with Crippen molar-refractivity contribution in [1.82, 2.24) is 9.80 Å². The van der Waals surface area contributed by atoms with E-state index < -0.39 is 12.2 Å². The predicted molar refractivity (Wildman–Crippen MR) is 57.9 cm³/mol. The van der Waals surface area contributed by atoms with Crippen LogP contribution in [0.5, 0.6) is 0 Å². The second-order valence-electron chi connectivity index (χ2n) is 3.86. The van der Waals surface area contributed by atoms with Crippen LogP contribution >= 0.6 is 0 Å². The number of rotatable bonds is 0. The molecule has 2 saturated heterocycles. The van der Waals surface area contributed by atoms with Crippen molar-refractivity contribution in [3.05, 3.63) is 0 Å². The van der Waals surface area contributed by atoms with Gasteiger partial charge in [0, 0.05) is 25.9 Å². The van der Waals surface area contributed by atoms with Gasteiger partial charge in [0.15, 0.2) is 0 Å². The highest BCUT2D eigenvalue weighted by atomic mass is 16.4. The molecule has 0 spiro atoms. The SMILES string of the molecule is O=C(O)N1CCCC1=O.O=C(O)N1CCCC1=O. The van der Waals surface area contributed by atoms with Gasteiger partial charge in [-0.1, -0.05) is 0 Å². The molecule has 2 aliphatic heterocycles. The lowest BCUT2D eigenvalue weighted by Gasteiger charge is -2.05. The van der Waals surface area contributed by atoms with Gasteiger partial charge in [-0.3, -0.25) is 9.59 Å². The first-order valence-corrected chi connectivity index (χ1v) is 5.50. The van der Waals surface area contributed by atoms with E-state index in [4.69, 9.17) is 10.2 Å². The average Bonchev–Trinajstić information content (AvgIpc) is 2.87. The summed E-state index contributed by atoms with van der Waals surface area (Å²) in [7, 11) is 0. The lowest BCUT2D eigenvalue weighted by atomic mass is 10.4. The van der Waals surface area contributed by atoms with Gasteiger partial charge in [-0.05, 0) is 12.8 Å². The Balaban J connectivity index is 0.000000180. The minimum atomic E-state index is -1.13. The standard InChI is InChI=1S/2C5H7NO3/c2*7-4-2-1-3-6(4)5(8)9/h2*1-3H2,(H,8,9). The largest absolute Gasteiger partial charge is 0.465 e. The molecule has 0 aromatic carbocycles. The Kier molecular flexibility index (Phi) is 4.64. The topological polar surface area (TPSA) is 115 Å². The predicted octanol–water partition coefficient (Wildman–Crippen LogP) is 0.574. The van der Waals surface area contributed by atoms with Gasteiger partial charge in [0.2, 0.25) is 11.8 Å². The van der Waals surface area contributed by atoms with Crippen molar-refractivity contribution in [3.8, 4) is 0 Å². The van der Waals surface area contributed by atoms with E-state index in [-0.39, 0.29) is 11.8 Å². The van der Waals surface area contributed by atoms with Crippen LogP contribution in [-0.4, -0.2) is 57.1 Å². The highest BCUT2D eigenvalue weighted by molar-refractivity contribution is 5.93. The van der Waals surface area contributed by atoms with Gasteiger partial charge < -0.3 is 10.2 Å². The number of likely N-dealkylation sites (tertiary alicyclic amines) is 2. The number of hydrogen-bond donors (Lipinski definition) is 2. The van der Waals surface area contributed by atoms with Crippen LogP contribution in [0, 0.1) is 0 Å². The van der Waals surface area contributed by atoms with Gasteiger partial charge in [-0.2, -0.15) is 0 Å². The maximum atomic E-state index is 10.6. The first kappa shape index (κ1) is 13.9. The molecule has 4 amide bonds. The van der Waals surface area contributed by atoms with E-state index in [1.54, 1.807) is 0 Å². The lowest BCUT2D eigenvalue weighted by molar-refractivity contribution is -0.126. The average molecular weight is 258 g/mol. The molecule has 18 heavy (non-hydrogen) atoms. The molecule has 0 unspecified atom stereocenters. The van der Waals surface area contributed by atoms with Crippen LogP contribution in [-0.2, 0) is 9.59 Å². The number of nitrogens with zero attached hydrogens (tertiary/aromatic N) is 2. The Labute approximate surface area is 103 Å². The maximum Gasteiger partial charge on any atom is 0.414 e. The Hall–Kier alpha value is -2.12. The highest BCUT2D eigenvalue weighted by Crippen LogP contribution is 2.09. The second-order valence-corrected chi connectivity index (χ2v) is 3.86. The molecule has 0 aliphatic carbocycles. The van der Waals surface area contributed by atoms with Crippen LogP contribution in [0.4, 0.5) is 9.59 Å². The van der Waals surface area contributed by atoms with Crippen molar-refractivity contribution in [2.45, 2.75) is 25.7 Å². The summed E-state index contributed by atoms with van der Waals surface area (Å²) in [5.74, 6) is -0.551. The van der Waals surface area contributed by atoms with Gasteiger partial charge in [0.25, 0.3) is 0 Å². The number of imide groups is 2.